The van der Waals surface area contributed by atoms with Gasteiger partial charge < -0.3 is 4.42 Å². The zero-order chi connectivity index (χ0) is 16.4. The number of nitrogens with one attached hydrogen (secondary N) is 2. The lowest BCUT2D eigenvalue weighted by Gasteiger charge is -2.07. The average molecular weight is 309 g/mol. The maximum absolute atomic E-state index is 12.1. The van der Waals surface area contributed by atoms with Crippen molar-refractivity contribution < 1.29 is 14.0 Å². The number of amides is 2. The molecule has 0 bridgehead atoms. The van der Waals surface area contributed by atoms with E-state index in [2.05, 4.69) is 15.8 Å². The molecule has 0 saturated heterocycles. The van der Waals surface area contributed by atoms with E-state index in [1.165, 1.54) is 0 Å². The van der Waals surface area contributed by atoms with Crippen LogP contribution in [0.5, 0.6) is 0 Å². The van der Waals surface area contributed by atoms with Crippen LogP contribution in [0.25, 0.3) is 10.9 Å². The Kier molecular flexibility index (Phi) is 3.80. The van der Waals surface area contributed by atoms with Gasteiger partial charge in [0, 0.05) is 5.39 Å². The summed E-state index contributed by atoms with van der Waals surface area (Å²) in [5.41, 5.74) is 6.04. The number of aromatic nitrogens is 1. The van der Waals surface area contributed by atoms with Crippen molar-refractivity contribution in [1.29, 1.82) is 0 Å². The number of carbonyl (C=O) groups is 2. The first kappa shape index (κ1) is 14.8. The molecule has 2 N–H and O–H groups in total. The van der Waals surface area contributed by atoms with Crippen molar-refractivity contribution >= 4 is 22.7 Å². The molecule has 1 aromatic carbocycles. The number of hydrogen-bond acceptors (Lipinski definition) is 4. The van der Waals surface area contributed by atoms with Gasteiger partial charge in [0.25, 0.3) is 11.8 Å². The SMILES string of the molecule is Cc1cc(C(=O)NNC(=O)c2ccc3ccccc3n2)c(C)o1. The highest BCUT2D eigenvalue weighted by molar-refractivity contribution is 5.99. The number of benzene rings is 1. The van der Waals surface area contributed by atoms with E-state index in [0.717, 1.165) is 5.39 Å². The minimum Gasteiger partial charge on any atom is -0.466 e. The first-order valence-corrected chi connectivity index (χ1v) is 7.08. The highest BCUT2D eigenvalue weighted by atomic mass is 16.3. The Hall–Kier alpha value is -3.15. The monoisotopic (exact) mass is 309 g/mol. The maximum atomic E-state index is 12.1. The second-order valence-corrected chi connectivity index (χ2v) is 5.12. The van der Waals surface area contributed by atoms with Crippen LogP contribution in [0.2, 0.25) is 0 Å². The predicted molar refractivity (Wildman–Crippen MR) is 84.9 cm³/mol. The smallest absolute Gasteiger partial charge is 0.288 e. The quantitative estimate of drug-likeness (QED) is 0.712. The number of para-hydroxylation sites is 1. The molecule has 6 heteroatoms. The van der Waals surface area contributed by atoms with E-state index in [9.17, 15) is 9.59 Å². The lowest BCUT2D eigenvalue weighted by molar-refractivity contribution is 0.0843. The van der Waals surface area contributed by atoms with E-state index < -0.39 is 11.8 Å². The van der Waals surface area contributed by atoms with E-state index in [1.807, 2.05) is 30.3 Å². The summed E-state index contributed by atoms with van der Waals surface area (Å²) in [4.78, 5) is 28.4. The van der Waals surface area contributed by atoms with E-state index in [-0.39, 0.29) is 5.69 Å². The molecule has 3 aromatic rings. The predicted octanol–water partition coefficient (Wildman–Crippen LogP) is 2.52. The van der Waals surface area contributed by atoms with Gasteiger partial charge in [0.15, 0.2) is 0 Å². The fraction of sp³-hybridized carbons (Fsp3) is 0.118. The van der Waals surface area contributed by atoms with Crippen molar-refractivity contribution in [1.82, 2.24) is 15.8 Å². The van der Waals surface area contributed by atoms with Crippen LogP contribution < -0.4 is 10.9 Å². The summed E-state index contributed by atoms with van der Waals surface area (Å²) in [5.74, 6) is 0.212. The molecule has 0 unspecified atom stereocenters. The van der Waals surface area contributed by atoms with Gasteiger partial charge in [0.2, 0.25) is 0 Å². The molecule has 2 amide bonds. The number of furan rings is 1. The van der Waals surface area contributed by atoms with Crippen molar-refractivity contribution in [2.24, 2.45) is 0 Å². The molecule has 0 radical (unpaired) electrons. The fourth-order valence-electron chi connectivity index (χ4n) is 2.29. The van der Waals surface area contributed by atoms with Crippen molar-refractivity contribution in [3.8, 4) is 0 Å². The van der Waals surface area contributed by atoms with Crippen LogP contribution in [0.3, 0.4) is 0 Å². The summed E-state index contributed by atoms with van der Waals surface area (Å²) >= 11 is 0. The summed E-state index contributed by atoms with van der Waals surface area (Å²) in [6.45, 7) is 3.44. The molecule has 3 rings (SSSR count). The van der Waals surface area contributed by atoms with Crippen LogP contribution in [0.4, 0.5) is 0 Å². The van der Waals surface area contributed by atoms with Crippen molar-refractivity contribution in [2.75, 3.05) is 0 Å². The molecule has 0 atom stereocenters. The number of pyridine rings is 1. The Morgan fingerprint density at radius 2 is 1.74 bits per heavy atom. The summed E-state index contributed by atoms with van der Waals surface area (Å²) in [5, 5.41) is 0.942. The first-order valence-electron chi connectivity index (χ1n) is 7.08. The molecule has 0 aliphatic rings. The van der Waals surface area contributed by atoms with Gasteiger partial charge in [-0.2, -0.15) is 0 Å². The first-order chi connectivity index (χ1) is 11.0. The van der Waals surface area contributed by atoms with Crippen LogP contribution in [0.1, 0.15) is 32.4 Å². The van der Waals surface area contributed by atoms with Gasteiger partial charge in [-0.05, 0) is 32.0 Å². The Morgan fingerprint density at radius 3 is 2.48 bits per heavy atom. The molecule has 0 fully saturated rings. The van der Waals surface area contributed by atoms with Crippen LogP contribution in [0.15, 0.2) is 46.9 Å². The van der Waals surface area contributed by atoms with Gasteiger partial charge in [0.1, 0.15) is 17.2 Å². The van der Waals surface area contributed by atoms with Gasteiger partial charge in [0.05, 0.1) is 11.1 Å². The van der Waals surface area contributed by atoms with Crippen molar-refractivity contribution in [3.05, 3.63) is 65.2 Å². The van der Waals surface area contributed by atoms with E-state index in [0.29, 0.717) is 22.6 Å². The molecule has 0 saturated carbocycles. The van der Waals surface area contributed by atoms with E-state index in [1.54, 1.807) is 26.0 Å². The number of rotatable bonds is 2. The zero-order valence-corrected chi connectivity index (χ0v) is 12.7. The number of aryl methyl sites for hydroxylation is 2. The van der Waals surface area contributed by atoms with Gasteiger partial charge in [-0.25, -0.2) is 4.98 Å². The molecular weight excluding hydrogens is 294 g/mol. The molecule has 0 aliphatic heterocycles. The Morgan fingerprint density at radius 1 is 1.00 bits per heavy atom. The topological polar surface area (TPSA) is 84.2 Å². The van der Waals surface area contributed by atoms with E-state index >= 15 is 0 Å². The zero-order valence-electron chi connectivity index (χ0n) is 12.7. The lowest BCUT2D eigenvalue weighted by atomic mass is 10.2. The van der Waals surface area contributed by atoms with E-state index in [4.69, 9.17) is 4.42 Å². The standard InChI is InChI=1S/C17H15N3O3/c1-10-9-13(11(2)23-10)16(21)19-20-17(22)15-8-7-12-5-3-4-6-14(12)18-15/h3-9H,1-2H3,(H,19,21)(H,20,22). The number of fused-ring (bicyclic) bond motifs is 1. The van der Waals surface area contributed by atoms with Crippen LogP contribution in [-0.4, -0.2) is 16.8 Å². The highest BCUT2D eigenvalue weighted by Gasteiger charge is 2.15. The third kappa shape index (κ3) is 3.06. The van der Waals surface area contributed by atoms with Crippen LogP contribution in [-0.2, 0) is 0 Å². The lowest BCUT2D eigenvalue weighted by Crippen LogP contribution is -2.42. The average Bonchev–Trinajstić information content (AvgIpc) is 2.90. The minimum atomic E-state index is -0.484. The van der Waals surface area contributed by atoms with Gasteiger partial charge in [-0.15, -0.1) is 0 Å². The fourth-order valence-corrected chi connectivity index (χ4v) is 2.29. The molecule has 2 heterocycles. The minimum absolute atomic E-state index is 0.226. The number of hydrazine groups is 1. The Labute approximate surface area is 132 Å². The molecular formula is C17H15N3O3. The van der Waals surface area contributed by atoms with Gasteiger partial charge in [-0.1, -0.05) is 24.3 Å². The molecule has 6 nitrogen and oxygen atoms in total. The summed E-state index contributed by atoms with van der Waals surface area (Å²) in [7, 11) is 0. The molecule has 23 heavy (non-hydrogen) atoms. The van der Waals surface area contributed by atoms with Crippen LogP contribution >= 0.6 is 0 Å². The third-order valence-corrected chi connectivity index (χ3v) is 3.41. The summed E-state index contributed by atoms with van der Waals surface area (Å²) in [6.07, 6.45) is 0. The van der Waals surface area contributed by atoms with Crippen molar-refractivity contribution in [3.63, 3.8) is 0 Å². The number of carbonyl (C=O) groups excluding carboxylic acids is 2. The Balaban J connectivity index is 1.71. The van der Waals surface area contributed by atoms with Gasteiger partial charge >= 0.3 is 0 Å². The largest absolute Gasteiger partial charge is 0.466 e. The summed E-state index contributed by atoms with van der Waals surface area (Å²) < 4.78 is 5.29. The number of nitrogens with zero attached hydrogens (tertiary/aromatic N) is 1. The molecule has 0 aliphatic carbocycles. The molecule has 116 valence electrons. The highest BCUT2D eigenvalue weighted by Crippen LogP contribution is 2.13. The second-order valence-electron chi connectivity index (χ2n) is 5.12. The normalized spacial score (nSPS) is 10.5. The molecule has 2 aromatic heterocycles. The third-order valence-electron chi connectivity index (χ3n) is 3.41. The summed E-state index contributed by atoms with van der Waals surface area (Å²) in [6, 6.07) is 12.5. The maximum Gasteiger partial charge on any atom is 0.288 e. The Bertz CT molecular complexity index is 899. The second kappa shape index (κ2) is 5.92. The molecule has 0 spiro atoms. The van der Waals surface area contributed by atoms with Gasteiger partial charge in [-0.3, -0.25) is 20.4 Å². The number of hydrogen-bond donors (Lipinski definition) is 2. The van der Waals surface area contributed by atoms with Crippen molar-refractivity contribution in [2.45, 2.75) is 13.8 Å². The van der Waals surface area contributed by atoms with Crippen LogP contribution in [0, 0.1) is 13.8 Å².